The van der Waals surface area contributed by atoms with Gasteiger partial charge in [-0.25, -0.2) is 0 Å². The summed E-state index contributed by atoms with van der Waals surface area (Å²) in [7, 11) is 0. The molecular weight excluding hydrogens is 182 g/mol. The first kappa shape index (κ1) is 9.02. The molecule has 4 heteroatoms. The third kappa shape index (κ3) is 1.70. The highest BCUT2D eigenvalue weighted by molar-refractivity contribution is 5.95. The van der Waals surface area contributed by atoms with E-state index in [-0.39, 0.29) is 19.1 Å². The lowest BCUT2D eigenvalue weighted by Gasteiger charge is -2.18. The summed E-state index contributed by atoms with van der Waals surface area (Å²) in [5, 5.41) is 11.5. The van der Waals surface area contributed by atoms with Crippen LogP contribution in [0.2, 0.25) is 0 Å². The molecule has 14 heavy (non-hydrogen) atoms. The molecule has 1 aliphatic heterocycles. The second-order valence-corrected chi connectivity index (χ2v) is 3.14. The van der Waals surface area contributed by atoms with E-state index in [9.17, 15) is 4.79 Å². The number of benzene rings is 1. The highest BCUT2D eigenvalue weighted by atomic mass is 16.5. The van der Waals surface area contributed by atoms with Crippen molar-refractivity contribution in [3.63, 3.8) is 0 Å². The Morgan fingerprint density at radius 3 is 3.14 bits per heavy atom. The molecule has 0 bridgehead atoms. The second-order valence-electron chi connectivity index (χ2n) is 3.14. The lowest BCUT2D eigenvalue weighted by atomic mass is 10.1. The zero-order valence-electron chi connectivity index (χ0n) is 7.62. The molecule has 4 nitrogen and oxygen atoms in total. The van der Waals surface area contributed by atoms with Crippen molar-refractivity contribution in [1.29, 1.82) is 0 Å². The van der Waals surface area contributed by atoms with Crippen LogP contribution >= 0.6 is 0 Å². The molecule has 0 atom stereocenters. The van der Waals surface area contributed by atoms with E-state index in [0.29, 0.717) is 17.9 Å². The molecule has 0 saturated heterocycles. The van der Waals surface area contributed by atoms with Gasteiger partial charge in [0, 0.05) is 6.61 Å². The van der Waals surface area contributed by atoms with Gasteiger partial charge in [0.1, 0.15) is 5.75 Å². The number of nitrogens with one attached hydrogen (secondary N) is 1. The number of carbonyl (C=O) groups is 1. The number of rotatable bonds is 2. The number of anilines is 1. The first-order valence-electron chi connectivity index (χ1n) is 4.46. The van der Waals surface area contributed by atoms with E-state index in [2.05, 4.69) is 5.32 Å². The summed E-state index contributed by atoms with van der Waals surface area (Å²) in [4.78, 5) is 11.0. The van der Waals surface area contributed by atoms with E-state index < -0.39 is 0 Å². The normalized spacial score (nSPS) is 14.2. The van der Waals surface area contributed by atoms with Gasteiger partial charge in [-0.15, -0.1) is 0 Å². The summed E-state index contributed by atoms with van der Waals surface area (Å²) in [6.07, 6.45) is 0.586. The summed E-state index contributed by atoms with van der Waals surface area (Å²) in [5.74, 6) is 0.546. The second kappa shape index (κ2) is 3.67. The largest absolute Gasteiger partial charge is 0.482 e. The number of aliphatic hydroxyl groups is 1. The average molecular weight is 193 g/mol. The lowest BCUT2D eigenvalue weighted by molar-refractivity contribution is -0.118. The number of hydrogen-bond donors (Lipinski definition) is 2. The fraction of sp³-hybridized carbons (Fsp3) is 0.300. The summed E-state index contributed by atoms with van der Waals surface area (Å²) >= 11 is 0. The van der Waals surface area contributed by atoms with Crippen molar-refractivity contribution in [3.05, 3.63) is 23.8 Å². The predicted molar refractivity (Wildman–Crippen MR) is 51.4 cm³/mol. The predicted octanol–water partition coefficient (Wildman–Crippen LogP) is 0.552. The van der Waals surface area contributed by atoms with Crippen molar-refractivity contribution < 1.29 is 14.6 Å². The van der Waals surface area contributed by atoms with Crippen molar-refractivity contribution in [3.8, 4) is 5.75 Å². The highest BCUT2D eigenvalue weighted by Gasteiger charge is 2.15. The smallest absolute Gasteiger partial charge is 0.262 e. The van der Waals surface area contributed by atoms with Gasteiger partial charge >= 0.3 is 0 Å². The number of amides is 1. The lowest BCUT2D eigenvalue weighted by Crippen LogP contribution is -2.25. The first-order valence-corrected chi connectivity index (χ1v) is 4.46. The Labute approximate surface area is 81.5 Å². The topological polar surface area (TPSA) is 58.6 Å². The van der Waals surface area contributed by atoms with E-state index in [1.54, 1.807) is 6.07 Å². The fourth-order valence-electron chi connectivity index (χ4n) is 1.41. The van der Waals surface area contributed by atoms with Crippen LogP contribution in [0.1, 0.15) is 5.56 Å². The van der Waals surface area contributed by atoms with Crippen molar-refractivity contribution >= 4 is 11.6 Å². The molecular formula is C10H11NO3. The quantitative estimate of drug-likeness (QED) is 0.721. The number of carbonyl (C=O) groups excluding carboxylic acids is 1. The molecule has 1 aromatic carbocycles. The van der Waals surface area contributed by atoms with Crippen LogP contribution in [0.3, 0.4) is 0 Å². The minimum atomic E-state index is -0.140. The van der Waals surface area contributed by atoms with E-state index in [4.69, 9.17) is 9.84 Å². The number of fused-ring (bicyclic) bond motifs is 1. The molecule has 0 aliphatic carbocycles. The monoisotopic (exact) mass is 193 g/mol. The first-order chi connectivity index (χ1) is 6.79. The Morgan fingerprint density at radius 2 is 2.36 bits per heavy atom. The molecule has 0 aromatic heterocycles. The molecule has 0 radical (unpaired) electrons. The maximum atomic E-state index is 11.0. The molecule has 2 N–H and O–H groups in total. The Morgan fingerprint density at radius 1 is 1.50 bits per heavy atom. The van der Waals surface area contributed by atoms with Gasteiger partial charge in [0.15, 0.2) is 6.61 Å². The molecule has 0 fully saturated rings. The average Bonchev–Trinajstić information content (AvgIpc) is 2.17. The molecule has 0 saturated carbocycles. The van der Waals surface area contributed by atoms with Crippen molar-refractivity contribution in [2.45, 2.75) is 6.42 Å². The molecule has 0 spiro atoms. The minimum absolute atomic E-state index is 0.0757. The van der Waals surface area contributed by atoms with Crippen LogP contribution in [0.5, 0.6) is 5.75 Å². The molecule has 1 heterocycles. The molecule has 1 amide bonds. The van der Waals surface area contributed by atoms with Crippen LogP contribution in [0, 0.1) is 0 Å². The van der Waals surface area contributed by atoms with Crippen LogP contribution < -0.4 is 10.1 Å². The van der Waals surface area contributed by atoms with Gasteiger partial charge in [-0.3, -0.25) is 4.79 Å². The third-order valence-electron chi connectivity index (χ3n) is 2.08. The van der Waals surface area contributed by atoms with E-state index in [1.165, 1.54) is 0 Å². The third-order valence-corrected chi connectivity index (χ3v) is 2.08. The zero-order valence-corrected chi connectivity index (χ0v) is 7.62. The van der Waals surface area contributed by atoms with Gasteiger partial charge < -0.3 is 15.2 Å². The maximum absolute atomic E-state index is 11.0. The summed E-state index contributed by atoms with van der Waals surface area (Å²) < 4.78 is 5.19. The van der Waals surface area contributed by atoms with Gasteiger partial charge in [-0.2, -0.15) is 0 Å². The van der Waals surface area contributed by atoms with Crippen LogP contribution in [-0.2, 0) is 11.2 Å². The van der Waals surface area contributed by atoms with Crippen molar-refractivity contribution in [2.24, 2.45) is 0 Å². The van der Waals surface area contributed by atoms with Crippen LogP contribution in [0.25, 0.3) is 0 Å². The fourth-order valence-corrected chi connectivity index (χ4v) is 1.41. The van der Waals surface area contributed by atoms with E-state index in [1.807, 2.05) is 12.1 Å². The van der Waals surface area contributed by atoms with Crippen molar-refractivity contribution in [2.75, 3.05) is 18.5 Å². The van der Waals surface area contributed by atoms with Gasteiger partial charge in [0.05, 0.1) is 5.69 Å². The van der Waals surface area contributed by atoms with Gasteiger partial charge in [-0.1, -0.05) is 6.07 Å². The summed E-state index contributed by atoms with van der Waals surface area (Å²) in [6, 6.07) is 5.51. The Kier molecular flexibility index (Phi) is 2.37. The van der Waals surface area contributed by atoms with E-state index in [0.717, 1.165) is 5.56 Å². The van der Waals surface area contributed by atoms with E-state index >= 15 is 0 Å². The molecule has 1 aromatic rings. The van der Waals surface area contributed by atoms with Gasteiger partial charge in [0.25, 0.3) is 5.91 Å². The van der Waals surface area contributed by atoms with Gasteiger partial charge in [0.2, 0.25) is 0 Å². The Hall–Kier alpha value is -1.55. The highest BCUT2D eigenvalue weighted by Crippen LogP contribution is 2.28. The Bertz CT molecular complexity index is 362. The summed E-state index contributed by atoms with van der Waals surface area (Å²) in [5.41, 5.74) is 1.67. The molecule has 74 valence electrons. The molecule has 0 unspecified atom stereocenters. The maximum Gasteiger partial charge on any atom is 0.262 e. The van der Waals surface area contributed by atoms with Crippen LogP contribution in [0.15, 0.2) is 18.2 Å². The molecule has 1 aliphatic rings. The summed E-state index contributed by atoms with van der Waals surface area (Å²) in [6.45, 7) is 0.180. The number of hydrogen-bond acceptors (Lipinski definition) is 3. The Balaban J connectivity index is 2.28. The minimum Gasteiger partial charge on any atom is -0.482 e. The number of aliphatic hydroxyl groups excluding tert-OH is 1. The van der Waals surface area contributed by atoms with Gasteiger partial charge in [-0.05, 0) is 24.1 Å². The zero-order chi connectivity index (χ0) is 9.97. The van der Waals surface area contributed by atoms with Crippen LogP contribution in [0.4, 0.5) is 5.69 Å². The van der Waals surface area contributed by atoms with Crippen molar-refractivity contribution in [1.82, 2.24) is 0 Å². The standard InChI is InChI=1S/C10H11NO3/c12-4-3-7-1-2-9-8(5-7)11-10(13)6-14-9/h1-2,5,12H,3-4,6H2,(H,11,13). The van der Waals surface area contributed by atoms with Crippen LogP contribution in [-0.4, -0.2) is 24.2 Å². The SMILES string of the molecule is O=C1COc2ccc(CCO)cc2N1. The number of ether oxygens (including phenoxy) is 1. The molecule has 2 rings (SSSR count).